The van der Waals surface area contributed by atoms with E-state index in [0.717, 1.165) is 0 Å². The molecule has 0 amide bonds. The molecule has 0 fully saturated rings. The van der Waals surface area contributed by atoms with Gasteiger partial charge in [-0.1, -0.05) is 0 Å². The number of carboxylic acids is 1. The maximum atomic E-state index is 9.73. The van der Waals surface area contributed by atoms with Gasteiger partial charge in [0.1, 0.15) is 0 Å². The first-order valence-electron chi connectivity index (χ1n) is 2.14. The van der Waals surface area contributed by atoms with E-state index in [1.165, 1.54) is 6.92 Å². The van der Waals surface area contributed by atoms with E-state index in [-0.39, 0.29) is 1.43 Å². The third-order valence-corrected chi connectivity index (χ3v) is 0.710. The van der Waals surface area contributed by atoms with E-state index in [0.29, 0.717) is 0 Å². The number of aliphatic carboxylic acids is 1. The number of hydrogen-bond donors (Lipinski definition) is 3. The smallest absolute Gasteiger partial charge is 0.335 e. The number of rotatable bonds is 2. The van der Waals surface area contributed by atoms with Crippen molar-refractivity contribution < 1.29 is 21.5 Å². The number of aliphatic hydroxyl groups is 2. The van der Waals surface area contributed by atoms with Gasteiger partial charge in [-0.2, -0.15) is 0 Å². The summed E-state index contributed by atoms with van der Waals surface area (Å²) < 4.78 is 0. The highest BCUT2D eigenvalue weighted by atomic mass is 16.4. The van der Waals surface area contributed by atoms with Gasteiger partial charge in [0.15, 0.2) is 6.10 Å². The second-order valence-corrected chi connectivity index (χ2v) is 1.52. The summed E-state index contributed by atoms with van der Waals surface area (Å²) >= 11 is 0. The van der Waals surface area contributed by atoms with Crippen LogP contribution in [0.2, 0.25) is 0 Å². The van der Waals surface area contributed by atoms with Gasteiger partial charge in [0, 0.05) is 1.43 Å². The second kappa shape index (κ2) is 2.64. The Balaban J connectivity index is 0. The monoisotopic (exact) mass is 122 g/mol. The number of hydrogen-bond acceptors (Lipinski definition) is 3. The lowest BCUT2D eigenvalue weighted by Gasteiger charge is -2.05. The Morgan fingerprint density at radius 1 is 1.62 bits per heavy atom. The molecule has 4 heteroatoms. The van der Waals surface area contributed by atoms with Gasteiger partial charge in [-0.3, -0.25) is 0 Å². The Kier molecular flexibility index (Phi) is 2.44. The summed E-state index contributed by atoms with van der Waals surface area (Å²) in [6, 6.07) is 0. The third kappa shape index (κ3) is 1.90. The standard InChI is InChI=1S/C4H8O4.H2/c1-2(5)3(6)4(7)8;/h2-3,5-6H,1H3,(H,7,8);1H. The van der Waals surface area contributed by atoms with Crippen LogP contribution in [0.4, 0.5) is 0 Å². The Bertz CT molecular complexity index is 92.6. The summed E-state index contributed by atoms with van der Waals surface area (Å²) in [5.74, 6) is -1.40. The van der Waals surface area contributed by atoms with E-state index in [4.69, 9.17) is 15.3 Å². The predicted molar refractivity (Wildman–Crippen MR) is 27.4 cm³/mol. The van der Waals surface area contributed by atoms with Gasteiger partial charge in [-0.15, -0.1) is 0 Å². The van der Waals surface area contributed by atoms with Crippen LogP contribution in [0.5, 0.6) is 0 Å². The highest BCUT2D eigenvalue weighted by Crippen LogP contribution is 1.89. The minimum absolute atomic E-state index is 0. The minimum Gasteiger partial charge on any atom is -0.479 e. The van der Waals surface area contributed by atoms with Crippen molar-refractivity contribution in [2.45, 2.75) is 19.1 Å². The molecule has 0 rings (SSSR count). The molecule has 0 aromatic heterocycles. The molecule has 50 valence electrons. The highest BCUT2D eigenvalue weighted by Gasteiger charge is 2.18. The molecule has 0 aromatic rings. The number of aliphatic hydroxyl groups excluding tert-OH is 2. The van der Waals surface area contributed by atoms with Crippen LogP contribution in [0.25, 0.3) is 0 Å². The molecule has 0 saturated heterocycles. The van der Waals surface area contributed by atoms with E-state index >= 15 is 0 Å². The fraction of sp³-hybridized carbons (Fsp3) is 0.750. The van der Waals surface area contributed by atoms with E-state index in [2.05, 4.69) is 0 Å². The molecule has 0 aliphatic carbocycles. The zero-order valence-electron chi connectivity index (χ0n) is 4.40. The average molecular weight is 122 g/mol. The fourth-order valence-corrected chi connectivity index (χ4v) is 0.206. The minimum atomic E-state index is -1.66. The molecule has 3 N–H and O–H groups in total. The molecule has 0 aliphatic heterocycles. The van der Waals surface area contributed by atoms with Crippen LogP contribution in [0.1, 0.15) is 8.35 Å². The largest absolute Gasteiger partial charge is 0.479 e. The fourth-order valence-electron chi connectivity index (χ4n) is 0.206. The van der Waals surface area contributed by atoms with Crippen molar-refractivity contribution in [1.82, 2.24) is 0 Å². The zero-order chi connectivity index (χ0) is 6.73. The van der Waals surface area contributed by atoms with E-state index < -0.39 is 18.2 Å². The molecule has 0 heterocycles. The predicted octanol–water partition coefficient (Wildman–Crippen LogP) is -0.941. The summed E-state index contributed by atoms with van der Waals surface area (Å²) in [5, 5.41) is 24.7. The SMILES string of the molecule is CC(O)C(O)C(=O)O.[HH]. The van der Waals surface area contributed by atoms with Gasteiger partial charge in [0.2, 0.25) is 0 Å². The summed E-state index contributed by atoms with van der Waals surface area (Å²) in [6.45, 7) is 1.21. The third-order valence-electron chi connectivity index (χ3n) is 0.710. The first-order valence-corrected chi connectivity index (χ1v) is 2.14. The Morgan fingerprint density at radius 2 is 2.00 bits per heavy atom. The molecule has 4 nitrogen and oxygen atoms in total. The number of carbonyl (C=O) groups is 1. The van der Waals surface area contributed by atoms with Crippen molar-refractivity contribution >= 4 is 5.97 Å². The summed E-state index contributed by atoms with van der Waals surface area (Å²) in [7, 11) is 0. The first-order chi connectivity index (χ1) is 3.55. The molecule has 0 radical (unpaired) electrons. The molecule has 0 bridgehead atoms. The topological polar surface area (TPSA) is 77.8 Å². The van der Waals surface area contributed by atoms with Crippen LogP contribution >= 0.6 is 0 Å². The van der Waals surface area contributed by atoms with Crippen LogP contribution < -0.4 is 0 Å². The molecule has 0 spiro atoms. The lowest BCUT2D eigenvalue weighted by molar-refractivity contribution is -0.151. The normalized spacial score (nSPS) is 17.4. The highest BCUT2D eigenvalue weighted by molar-refractivity contribution is 5.72. The van der Waals surface area contributed by atoms with Crippen molar-refractivity contribution in [3.05, 3.63) is 0 Å². The summed E-state index contributed by atoms with van der Waals surface area (Å²) in [4.78, 5) is 9.73. The van der Waals surface area contributed by atoms with Gasteiger partial charge in [-0.05, 0) is 6.92 Å². The van der Waals surface area contributed by atoms with Gasteiger partial charge in [0.05, 0.1) is 6.10 Å². The lowest BCUT2D eigenvalue weighted by Crippen LogP contribution is -2.30. The van der Waals surface area contributed by atoms with Crippen molar-refractivity contribution in [2.75, 3.05) is 0 Å². The summed E-state index contributed by atoms with van der Waals surface area (Å²) in [6.07, 6.45) is -2.86. The van der Waals surface area contributed by atoms with Crippen molar-refractivity contribution in [3.8, 4) is 0 Å². The van der Waals surface area contributed by atoms with Gasteiger partial charge in [-0.25, -0.2) is 4.79 Å². The van der Waals surface area contributed by atoms with Crippen molar-refractivity contribution in [3.63, 3.8) is 0 Å². The number of carboxylic acid groups (broad SMARTS) is 1. The average Bonchev–Trinajstić information content (AvgIpc) is 1.64. The molecular formula is C4H10O4. The van der Waals surface area contributed by atoms with Crippen molar-refractivity contribution in [1.29, 1.82) is 0 Å². The van der Waals surface area contributed by atoms with Gasteiger partial charge < -0.3 is 15.3 Å². The Morgan fingerprint density at radius 3 is 2.00 bits per heavy atom. The second-order valence-electron chi connectivity index (χ2n) is 1.52. The molecule has 0 aliphatic rings. The van der Waals surface area contributed by atoms with E-state index in [1.54, 1.807) is 0 Å². The van der Waals surface area contributed by atoms with E-state index in [1.807, 2.05) is 0 Å². The van der Waals surface area contributed by atoms with Crippen molar-refractivity contribution in [2.24, 2.45) is 0 Å². The maximum Gasteiger partial charge on any atom is 0.335 e. The zero-order valence-corrected chi connectivity index (χ0v) is 4.40. The van der Waals surface area contributed by atoms with Crippen LogP contribution in [-0.2, 0) is 4.79 Å². The molecule has 2 atom stereocenters. The van der Waals surface area contributed by atoms with Crippen LogP contribution in [0, 0.1) is 0 Å². The molecule has 2 unspecified atom stereocenters. The lowest BCUT2D eigenvalue weighted by atomic mass is 10.2. The van der Waals surface area contributed by atoms with Crippen LogP contribution in [-0.4, -0.2) is 33.5 Å². The quantitative estimate of drug-likeness (QED) is 0.441. The van der Waals surface area contributed by atoms with Gasteiger partial charge >= 0.3 is 5.97 Å². The van der Waals surface area contributed by atoms with Crippen LogP contribution in [0.15, 0.2) is 0 Å². The van der Waals surface area contributed by atoms with E-state index in [9.17, 15) is 4.79 Å². The summed E-state index contributed by atoms with van der Waals surface area (Å²) in [5.41, 5.74) is 0. The molecule has 8 heavy (non-hydrogen) atoms. The first kappa shape index (κ1) is 7.39. The maximum absolute atomic E-state index is 9.73. The van der Waals surface area contributed by atoms with Gasteiger partial charge in [0.25, 0.3) is 0 Å². The Hall–Kier alpha value is -0.610. The molecule has 0 aromatic carbocycles. The Labute approximate surface area is 47.9 Å². The molecule has 0 saturated carbocycles. The van der Waals surface area contributed by atoms with Crippen LogP contribution in [0.3, 0.4) is 0 Å². The molecular weight excluding hydrogens is 112 g/mol.